The highest BCUT2D eigenvalue weighted by Gasteiger charge is 2.39. The number of carbonyl (C=O) groups excluding carboxylic acids is 6. The molecule has 7 amide bonds. The molecule has 4 aromatic heterocycles. The van der Waals surface area contributed by atoms with Gasteiger partial charge in [-0.25, -0.2) is 24.0 Å². The molecule has 2 fully saturated rings. The topological polar surface area (TPSA) is 267 Å². The fourth-order valence-corrected chi connectivity index (χ4v) is 9.13. The van der Waals surface area contributed by atoms with Gasteiger partial charge in [0.2, 0.25) is 23.5 Å². The van der Waals surface area contributed by atoms with Gasteiger partial charge in [-0.15, -0.1) is 0 Å². The van der Waals surface area contributed by atoms with Crippen LogP contribution in [0.3, 0.4) is 0 Å². The predicted octanol–water partition coefficient (Wildman–Crippen LogP) is 3.22. The van der Waals surface area contributed by atoms with Crippen molar-refractivity contribution < 1.29 is 52.5 Å². The first-order valence-corrected chi connectivity index (χ1v) is 23.9. The van der Waals surface area contributed by atoms with E-state index in [2.05, 4.69) is 46.3 Å². The Morgan fingerprint density at radius 3 is 2.32 bits per heavy atom. The maximum Gasteiger partial charge on any atom is 0.323 e. The van der Waals surface area contributed by atoms with E-state index in [1.807, 2.05) is 17.0 Å². The summed E-state index contributed by atoms with van der Waals surface area (Å²) >= 11 is 0. The average Bonchev–Trinajstić information content (AvgIpc) is 4.17. The minimum Gasteiger partial charge on any atom is -0.493 e. The van der Waals surface area contributed by atoms with Crippen molar-refractivity contribution in [3.63, 3.8) is 0 Å². The number of piperazine rings is 1. The lowest BCUT2D eigenvalue weighted by atomic mass is 10.0. The van der Waals surface area contributed by atoms with E-state index in [0.717, 1.165) is 11.3 Å². The van der Waals surface area contributed by atoms with E-state index < -0.39 is 18.0 Å². The molecule has 74 heavy (non-hydrogen) atoms. The summed E-state index contributed by atoms with van der Waals surface area (Å²) in [6.45, 7) is 5.76. The number of aryl methyl sites for hydroxylation is 1. The van der Waals surface area contributed by atoms with Gasteiger partial charge in [0.15, 0.2) is 23.0 Å². The first kappa shape index (κ1) is 50.3. The number of nitrogens with one attached hydrogen (secondary N) is 4. The minimum atomic E-state index is -0.663. The van der Waals surface area contributed by atoms with Crippen LogP contribution in [0.15, 0.2) is 73.4 Å². The maximum atomic E-state index is 13.4. The molecule has 24 nitrogen and oxygen atoms in total. The van der Waals surface area contributed by atoms with Crippen molar-refractivity contribution >= 4 is 58.3 Å². The number of benzene rings is 2. The van der Waals surface area contributed by atoms with Gasteiger partial charge < -0.3 is 54.3 Å². The lowest BCUT2D eigenvalue weighted by Gasteiger charge is -2.36. The number of hydrogen-bond acceptors (Lipinski definition) is 16. The van der Waals surface area contributed by atoms with Gasteiger partial charge in [-0.1, -0.05) is 0 Å². The van der Waals surface area contributed by atoms with E-state index in [0.29, 0.717) is 107 Å². The van der Waals surface area contributed by atoms with Crippen molar-refractivity contribution in [2.24, 2.45) is 0 Å². The highest BCUT2D eigenvalue weighted by atomic mass is 16.5. The molecule has 0 aliphatic carbocycles. The fourth-order valence-electron chi connectivity index (χ4n) is 9.13. The first-order chi connectivity index (χ1) is 35.9. The molecule has 0 bridgehead atoms. The third-order valence-corrected chi connectivity index (χ3v) is 12.8. The van der Waals surface area contributed by atoms with Gasteiger partial charge in [-0.2, -0.15) is 10.2 Å². The molecule has 6 aromatic rings. The van der Waals surface area contributed by atoms with Gasteiger partial charge >= 0.3 is 6.03 Å². The van der Waals surface area contributed by atoms with E-state index in [-0.39, 0.29) is 69.4 Å². The number of anilines is 3. The van der Waals surface area contributed by atoms with Crippen LogP contribution in [-0.4, -0.2) is 161 Å². The van der Waals surface area contributed by atoms with Gasteiger partial charge in [0.25, 0.3) is 11.8 Å². The Balaban J connectivity index is 0.667. The Hall–Kier alpha value is -8.64. The summed E-state index contributed by atoms with van der Waals surface area (Å²) in [5.74, 6) is 0.382. The zero-order valence-electron chi connectivity index (χ0n) is 41.2. The number of aromatic nitrogens is 6. The summed E-state index contributed by atoms with van der Waals surface area (Å²) in [4.78, 5) is 90.9. The van der Waals surface area contributed by atoms with Gasteiger partial charge in [0, 0.05) is 74.8 Å². The van der Waals surface area contributed by atoms with Crippen LogP contribution in [0, 0.1) is 6.92 Å². The highest BCUT2D eigenvalue weighted by Crippen LogP contribution is 2.43. The predicted molar refractivity (Wildman–Crippen MR) is 267 cm³/mol. The van der Waals surface area contributed by atoms with E-state index in [9.17, 15) is 28.8 Å². The monoisotopic (exact) mass is 1010 g/mol. The first-order valence-electron chi connectivity index (χ1n) is 23.9. The number of imide groups is 1. The van der Waals surface area contributed by atoms with Gasteiger partial charge in [0.05, 0.1) is 102 Å². The summed E-state index contributed by atoms with van der Waals surface area (Å²) in [6.07, 6.45) is 8.35. The van der Waals surface area contributed by atoms with Crippen molar-refractivity contribution in [1.29, 1.82) is 0 Å². The van der Waals surface area contributed by atoms with E-state index in [4.69, 9.17) is 23.7 Å². The third-order valence-electron chi connectivity index (χ3n) is 12.8. The third kappa shape index (κ3) is 10.9. The molecule has 3 aliphatic rings. The summed E-state index contributed by atoms with van der Waals surface area (Å²) in [5, 5.41) is 19.6. The standard InChI is InChI=1S/C50H55N13O11/c1-30-21-34(56-50(69)57-37-27-52-41-9-11-54-63(41)44(37)31-23-39(70-2)45(72-4)40(24-31)71-3)26-53-46(30)62-29-33(25-55-62)47(66)51-12-18-74-20-19-73-17-10-43(65)60-15-13-59(14-16-60)35-5-6-36-32(22-35)28-61(49(36)68)38-7-8-42(64)58-48(38)67/h5-6,9,11,21-27,29,38H,7-8,10,12-20,28H2,1-4H3,(H,51,66)(H2,56,57,69)(H,58,64,67). The van der Waals surface area contributed by atoms with Crippen LogP contribution in [-0.2, 0) is 30.4 Å². The fraction of sp³-hybridized carbons (Fsp3) is 0.360. The number of carbonyl (C=O) groups is 6. The molecule has 24 heteroatoms. The Kier molecular flexibility index (Phi) is 15.2. The number of piperidine rings is 1. The average molecular weight is 1010 g/mol. The molecule has 2 saturated heterocycles. The SMILES string of the molecule is COc1cc(-c2c(NC(=O)Nc3cnc(-n4cc(C(=O)NCCOCCOCCC(=O)N5CCN(c6ccc7c(c6)CN(C6CCC(=O)NC6=O)C7=O)CC5)cn4)c(C)c3)cnc3ccnn23)cc(OC)c1OC. The van der Waals surface area contributed by atoms with Crippen molar-refractivity contribution in [2.75, 3.05) is 96.0 Å². The Morgan fingerprint density at radius 2 is 1.59 bits per heavy atom. The number of urea groups is 1. The molecule has 0 radical (unpaired) electrons. The van der Waals surface area contributed by atoms with E-state index in [1.165, 1.54) is 49.5 Å². The van der Waals surface area contributed by atoms with Gasteiger partial charge in [-0.3, -0.25) is 29.3 Å². The van der Waals surface area contributed by atoms with Gasteiger partial charge in [0.1, 0.15) is 6.04 Å². The quantitative estimate of drug-likeness (QED) is 0.0670. The smallest absolute Gasteiger partial charge is 0.323 e. The largest absolute Gasteiger partial charge is 0.493 e. The number of amides is 7. The second-order valence-electron chi connectivity index (χ2n) is 17.5. The normalized spacial score (nSPS) is 15.5. The molecule has 386 valence electrons. The summed E-state index contributed by atoms with van der Waals surface area (Å²) in [5.41, 5.74) is 5.77. The molecule has 1 unspecified atom stereocenters. The van der Waals surface area contributed by atoms with Crippen LogP contribution in [0.2, 0.25) is 0 Å². The number of nitrogens with zero attached hydrogens (tertiary/aromatic N) is 9. The van der Waals surface area contributed by atoms with Crippen LogP contribution < -0.4 is 40.4 Å². The highest BCUT2D eigenvalue weighted by molar-refractivity contribution is 6.06. The zero-order chi connectivity index (χ0) is 51.9. The molecule has 2 aromatic carbocycles. The second kappa shape index (κ2) is 22.4. The molecule has 0 spiro atoms. The molecular formula is C50H55N13O11. The number of rotatable bonds is 19. The zero-order valence-corrected chi connectivity index (χ0v) is 41.2. The van der Waals surface area contributed by atoms with Crippen molar-refractivity contribution in [1.82, 2.24) is 49.8 Å². The van der Waals surface area contributed by atoms with Crippen LogP contribution in [0.4, 0.5) is 21.9 Å². The van der Waals surface area contributed by atoms with E-state index in [1.54, 1.807) is 54.2 Å². The number of methoxy groups -OCH3 is 3. The maximum absolute atomic E-state index is 13.4. The van der Waals surface area contributed by atoms with Crippen LogP contribution in [0.5, 0.6) is 17.2 Å². The summed E-state index contributed by atoms with van der Waals surface area (Å²) < 4.78 is 31.0. The number of fused-ring (bicyclic) bond motifs is 2. The van der Waals surface area contributed by atoms with Crippen molar-refractivity contribution in [3.05, 3.63) is 95.7 Å². The summed E-state index contributed by atoms with van der Waals surface area (Å²) in [7, 11) is 4.55. The lowest BCUT2D eigenvalue weighted by Crippen LogP contribution is -2.52. The second-order valence-corrected chi connectivity index (χ2v) is 17.5. The Labute approximate surface area is 424 Å². The van der Waals surface area contributed by atoms with Crippen LogP contribution in [0.1, 0.15) is 51.1 Å². The minimum absolute atomic E-state index is 0.000117. The Morgan fingerprint density at radius 1 is 0.824 bits per heavy atom. The molecular weight excluding hydrogens is 959 g/mol. The van der Waals surface area contributed by atoms with Gasteiger partial charge in [-0.05, 0) is 60.9 Å². The molecule has 4 N–H and O–H groups in total. The number of pyridine rings is 1. The number of ether oxygens (including phenoxy) is 5. The van der Waals surface area contributed by atoms with Crippen molar-refractivity contribution in [2.45, 2.75) is 38.8 Å². The Bertz CT molecular complexity index is 3090. The molecule has 3 aliphatic heterocycles. The van der Waals surface area contributed by atoms with Crippen LogP contribution in [0.25, 0.3) is 22.7 Å². The molecule has 9 rings (SSSR count). The van der Waals surface area contributed by atoms with Crippen molar-refractivity contribution in [3.8, 4) is 34.3 Å². The molecule has 7 heterocycles. The summed E-state index contributed by atoms with van der Waals surface area (Å²) in [6, 6.07) is 11.4. The molecule has 0 saturated carbocycles. The van der Waals surface area contributed by atoms with Crippen LogP contribution >= 0.6 is 0 Å². The molecule has 1 atom stereocenters. The number of hydrogen-bond donors (Lipinski definition) is 4. The van der Waals surface area contributed by atoms with E-state index >= 15 is 0 Å². The lowest BCUT2D eigenvalue weighted by molar-refractivity contribution is -0.137.